The summed E-state index contributed by atoms with van der Waals surface area (Å²) in [6.07, 6.45) is 1.73. The van der Waals surface area contributed by atoms with Gasteiger partial charge < -0.3 is 5.32 Å². The van der Waals surface area contributed by atoms with Gasteiger partial charge in [0.2, 0.25) is 0 Å². The number of aromatic nitrogens is 1. The van der Waals surface area contributed by atoms with Crippen molar-refractivity contribution in [2.45, 2.75) is 19.5 Å². The molecule has 0 bridgehead atoms. The first kappa shape index (κ1) is 13.2. The van der Waals surface area contributed by atoms with Gasteiger partial charge in [-0.3, -0.25) is 4.98 Å². The lowest BCUT2D eigenvalue weighted by Gasteiger charge is -2.13. The minimum absolute atomic E-state index is 0.0198. The van der Waals surface area contributed by atoms with Gasteiger partial charge in [0.1, 0.15) is 11.9 Å². The first-order valence-electron chi connectivity index (χ1n) is 6.04. The van der Waals surface area contributed by atoms with Crippen molar-refractivity contribution in [3.63, 3.8) is 0 Å². The molecule has 2 rings (SSSR count). The van der Waals surface area contributed by atoms with Crippen LogP contribution in [-0.2, 0) is 6.54 Å². The Hall–Kier alpha value is -2.25. The molecule has 4 heteroatoms. The van der Waals surface area contributed by atoms with Gasteiger partial charge in [0.25, 0.3) is 0 Å². The van der Waals surface area contributed by atoms with Gasteiger partial charge in [-0.1, -0.05) is 18.2 Å². The Morgan fingerprint density at radius 1 is 1.32 bits per heavy atom. The Morgan fingerprint density at radius 3 is 2.84 bits per heavy atom. The monoisotopic (exact) mass is 255 g/mol. The van der Waals surface area contributed by atoms with Crippen molar-refractivity contribution >= 4 is 0 Å². The van der Waals surface area contributed by atoms with Crippen molar-refractivity contribution in [2.24, 2.45) is 0 Å². The summed E-state index contributed by atoms with van der Waals surface area (Å²) < 4.78 is 13.8. The molecule has 1 atom stereocenters. The number of nitrogens with one attached hydrogen (secondary N) is 1. The van der Waals surface area contributed by atoms with Crippen molar-refractivity contribution in [1.29, 1.82) is 5.26 Å². The maximum atomic E-state index is 13.8. The van der Waals surface area contributed by atoms with Gasteiger partial charge in [-0.2, -0.15) is 5.26 Å². The Morgan fingerprint density at radius 2 is 2.16 bits per heavy atom. The zero-order chi connectivity index (χ0) is 13.7. The molecule has 2 aromatic rings. The van der Waals surface area contributed by atoms with E-state index in [1.54, 1.807) is 18.3 Å². The van der Waals surface area contributed by atoms with Gasteiger partial charge in [-0.25, -0.2) is 4.39 Å². The molecule has 0 radical (unpaired) electrons. The van der Waals surface area contributed by atoms with Crippen LogP contribution in [0.5, 0.6) is 0 Å². The van der Waals surface area contributed by atoms with Crippen LogP contribution in [0, 0.1) is 17.1 Å². The van der Waals surface area contributed by atoms with Crippen LogP contribution < -0.4 is 5.32 Å². The third-order valence-corrected chi connectivity index (χ3v) is 2.93. The number of nitrogens with zero attached hydrogens (tertiary/aromatic N) is 2. The second-order valence-electron chi connectivity index (χ2n) is 4.25. The van der Waals surface area contributed by atoms with Crippen LogP contribution >= 0.6 is 0 Å². The van der Waals surface area contributed by atoms with Crippen molar-refractivity contribution in [3.05, 3.63) is 65.2 Å². The number of hydrogen-bond donors (Lipinski definition) is 1. The highest BCUT2D eigenvalue weighted by molar-refractivity contribution is 5.34. The fourth-order valence-electron chi connectivity index (χ4n) is 1.80. The molecule has 0 unspecified atom stereocenters. The smallest absolute Gasteiger partial charge is 0.145 e. The number of hydrogen-bond acceptors (Lipinski definition) is 3. The van der Waals surface area contributed by atoms with E-state index in [0.29, 0.717) is 12.1 Å². The quantitative estimate of drug-likeness (QED) is 0.913. The fraction of sp³-hybridized carbons (Fsp3) is 0.200. The maximum Gasteiger partial charge on any atom is 0.145 e. The van der Waals surface area contributed by atoms with E-state index in [-0.39, 0.29) is 11.6 Å². The van der Waals surface area contributed by atoms with E-state index in [9.17, 15) is 4.39 Å². The molecule has 0 fully saturated rings. The molecule has 1 aromatic heterocycles. The SMILES string of the molecule is C[C@@H](NCc1cccc(C#N)c1F)c1ccccn1. The summed E-state index contributed by atoms with van der Waals surface area (Å²) in [6.45, 7) is 2.33. The van der Waals surface area contributed by atoms with E-state index >= 15 is 0 Å². The molecule has 1 heterocycles. The highest BCUT2D eigenvalue weighted by Gasteiger charge is 2.10. The van der Waals surface area contributed by atoms with Crippen LogP contribution in [0.2, 0.25) is 0 Å². The summed E-state index contributed by atoms with van der Waals surface area (Å²) in [5.41, 5.74) is 1.46. The van der Waals surface area contributed by atoms with Gasteiger partial charge in [-0.05, 0) is 25.1 Å². The van der Waals surface area contributed by atoms with Crippen LogP contribution in [0.25, 0.3) is 0 Å². The first-order valence-corrected chi connectivity index (χ1v) is 6.04. The highest BCUT2D eigenvalue weighted by Crippen LogP contribution is 2.14. The minimum Gasteiger partial charge on any atom is -0.305 e. The van der Waals surface area contributed by atoms with Gasteiger partial charge >= 0.3 is 0 Å². The van der Waals surface area contributed by atoms with Crippen molar-refractivity contribution in [2.75, 3.05) is 0 Å². The molecule has 19 heavy (non-hydrogen) atoms. The standard InChI is InChI=1S/C15H14FN3/c1-11(14-7-2-3-8-18-14)19-10-13-6-4-5-12(9-17)15(13)16/h2-8,11,19H,10H2,1H3/t11-/m1/s1. The predicted molar refractivity (Wildman–Crippen MR) is 70.6 cm³/mol. The first-order chi connectivity index (χ1) is 9.22. The molecule has 1 N–H and O–H groups in total. The van der Waals surface area contributed by atoms with E-state index in [2.05, 4.69) is 10.3 Å². The normalized spacial score (nSPS) is 11.8. The number of nitriles is 1. The fourth-order valence-corrected chi connectivity index (χ4v) is 1.80. The Balaban J connectivity index is 2.06. The molecular weight excluding hydrogens is 241 g/mol. The van der Waals surface area contributed by atoms with Crippen LogP contribution in [0.15, 0.2) is 42.6 Å². The zero-order valence-corrected chi connectivity index (χ0v) is 10.6. The molecule has 96 valence electrons. The van der Waals surface area contributed by atoms with E-state index in [4.69, 9.17) is 5.26 Å². The van der Waals surface area contributed by atoms with Crippen molar-refractivity contribution in [1.82, 2.24) is 10.3 Å². The molecule has 0 saturated carbocycles. The summed E-state index contributed by atoms with van der Waals surface area (Å²) in [7, 11) is 0. The summed E-state index contributed by atoms with van der Waals surface area (Å²) in [5, 5.41) is 12.0. The van der Waals surface area contributed by atoms with Crippen LogP contribution in [-0.4, -0.2) is 4.98 Å². The third-order valence-electron chi connectivity index (χ3n) is 2.93. The molecular formula is C15H14FN3. The van der Waals surface area contributed by atoms with Gasteiger partial charge in [-0.15, -0.1) is 0 Å². The summed E-state index contributed by atoms with van der Waals surface area (Å²) >= 11 is 0. The average Bonchev–Trinajstić information content (AvgIpc) is 2.47. The largest absolute Gasteiger partial charge is 0.305 e. The van der Waals surface area contributed by atoms with E-state index < -0.39 is 5.82 Å². The molecule has 1 aromatic carbocycles. The van der Waals surface area contributed by atoms with Gasteiger partial charge in [0, 0.05) is 24.3 Å². The zero-order valence-electron chi connectivity index (χ0n) is 10.6. The van der Waals surface area contributed by atoms with Crippen LogP contribution in [0.4, 0.5) is 4.39 Å². The summed E-state index contributed by atoms with van der Waals surface area (Å²) in [4.78, 5) is 4.24. The number of pyridine rings is 1. The van der Waals surface area contributed by atoms with Gasteiger partial charge in [0.15, 0.2) is 0 Å². The van der Waals surface area contributed by atoms with Crippen molar-refractivity contribution in [3.8, 4) is 6.07 Å². The lowest BCUT2D eigenvalue weighted by molar-refractivity contribution is 0.535. The summed E-state index contributed by atoms with van der Waals surface area (Å²) in [5.74, 6) is -0.453. The highest BCUT2D eigenvalue weighted by atomic mass is 19.1. The molecule has 0 spiro atoms. The Labute approximate surface area is 111 Å². The molecule has 0 aliphatic carbocycles. The van der Waals surface area contributed by atoms with E-state index in [1.165, 1.54) is 6.07 Å². The maximum absolute atomic E-state index is 13.8. The van der Waals surface area contributed by atoms with Gasteiger partial charge in [0.05, 0.1) is 11.3 Å². The molecule has 0 amide bonds. The third kappa shape index (κ3) is 3.15. The average molecular weight is 255 g/mol. The Bertz CT molecular complexity index is 590. The lowest BCUT2D eigenvalue weighted by Crippen LogP contribution is -2.19. The Kier molecular flexibility index (Phi) is 4.22. The van der Waals surface area contributed by atoms with Crippen LogP contribution in [0.3, 0.4) is 0 Å². The van der Waals surface area contributed by atoms with E-state index in [0.717, 1.165) is 5.69 Å². The number of rotatable bonds is 4. The lowest BCUT2D eigenvalue weighted by atomic mass is 10.1. The molecule has 0 saturated heterocycles. The second kappa shape index (κ2) is 6.07. The van der Waals surface area contributed by atoms with Crippen LogP contribution in [0.1, 0.15) is 29.8 Å². The number of benzene rings is 1. The number of halogens is 1. The van der Waals surface area contributed by atoms with E-state index in [1.807, 2.05) is 31.2 Å². The minimum atomic E-state index is -0.453. The van der Waals surface area contributed by atoms with Crippen molar-refractivity contribution < 1.29 is 4.39 Å². The topological polar surface area (TPSA) is 48.7 Å². The summed E-state index contributed by atoms with van der Waals surface area (Å²) in [6, 6.07) is 12.4. The molecule has 0 aliphatic rings. The molecule has 0 aliphatic heterocycles. The predicted octanol–water partition coefficient (Wildman–Crippen LogP) is 2.94. The molecule has 3 nitrogen and oxygen atoms in total. The second-order valence-corrected chi connectivity index (χ2v) is 4.25.